The Balaban J connectivity index is 2.22. The number of benzene rings is 1. The van der Waals surface area contributed by atoms with E-state index in [9.17, 15) is 4.79 Å². The fraction of sp³-hybridized carbons (Fsp3) is 0.308. The molecule has 0 bridgehead atoms. The molecule has 0 aliphatic rings. The number of nitrogens with one attached hydrogen (secondary N) is 1. The summed E-state index contributed by atoms with van der Waals surface area (Å²) in [5.74, 6) is -0.119. The number of aromatic nitrogens is 3. The molecule has 1 aromatic heterocycles. The number of nitrogens with two attached hydrogens (primary N) is 1. The minimum atomic E-state index is -0.119. The lowest BCUT2D eigenvalue weighted by molar-refractivity contribution is 0.0941. The van der Waals surface area contributed by atoms with Crippen molar-refractivity contribution in [3.8, 4) is 5.69 Å². The van der Waals surface area contributed by atoms with Crippen LogP contribution in [0.4, 0.5) is 0 Å². The van der Waals surface area contributed by atoms with Crippen molar-refractivity contribution in [3.63, 3.8) is 0 Å². The number of carbonyl (C=O) groups excluding carboxylic acids is 1. The molecule has 6 heteroatoms. The number of amides is 1. The summed E-state index contributed by atoms with van der Waals surface area (Å²) in [7, 11) is 0. The van der Waals surface area contributed by atoms with Gasteiger partial charge in [0.1, 0.15) is 12.7 Å². The van der Waals surface area contributed by atoms with E-state index >= 15 is 0 Å². The first-order valence-corrected chi connectivity index (χ1v) is 6.08. The van der Waals surface area contributed by atoms with Gasteiger partial charge in [0.15, 0.2) is 0 Å². The minimum absolute atomic E-state index is 0.0391. The Kier molecular flexibility index (Phi) is 3.91. The van der Waals surface area contributed by atoms with E-state index in [1.165, 1.54) is 6.33 Å². The van der Waals surface area contributed by atoms with Gasteiger partial charge in [0.05, 0.1) is 5.69 Å². The fourth-order valence-corrected chi connectivity index (χ4v) is 1.75. The van der Waals surface area contributed by atoms with Crippen LogP contribution in [0.1, 0.15) is 22.8 Å². The van der Waals surface area contributed by atoms with E-state index in [1.807, 2.05) is 26.0 Å². The van der Waals surface area contributed by atoms with Crippen LogP contribution in [-0.4, -0.2) is 33.3 Å². The van der Waals surface area contributed by atoms with Crippen LogP contribution < -0.4 is 11.1 Å². The maximum Gasteiger partial charge on any atom is 0.251 e. The lowest BCUT2D eigenvalue weighted by Gasteiger charge is -2.12. The third-order valence-electron chi connectivity index (χ3n) is 2.86. The van der Waals surface area contributed by atoms with Crippen molar-refractivity contribution < 1.29 is 4.79 Å². The number of rotatable bonds is 4. The lowest BCUT2D eigenvalue weighted by atomic mass is 10.1. The normalized spacial score (nSPS) is 12.2. The fourth-order valence-electron chi connectivity index (χ4n) is 1.75. The first-order chi connectivity index (χ1) is 9.11. The number of nitrogens with zero attached hydrogens (tertiary/aromatic N) is 3. The van der Waals surface area contributed by atoms with Gasteiger partial charge in [-0.25, -0.2) is 9.67 Å². The van der Waals surface area contributed by atoms with Crippen LogP contribution in [0.25, 0.3) is 5.69 Å². The lowest BCUT2D eigenvalue weighted by Crippen LogP contribution is -2.37. The first-order valence-electron chi connectivity index (χ1n) is 6.08. The van der Waals surface area contributed by atoms with E-state index in [0.717, 1.165) is 11.3 Å². The molecule has 1 amide bonds. The number of carbonyl (C=O) groups is 1. The van der Waals surface area contributed by atoms with Gasteiger partial charge >= 0.3 is 0 Å². The molecule has 6 nitrogen and oxygen atoms in total. The third kappa shape index (κ3) is 2.97. The Morgan fingerprint density at radius 3 is 2.89 bits per heavy atom. The summed E-state index contributed by atoms with van der Waals surface area (Å²) < 4.78 is 1.67. The molecule has 0 saturated heterocycles. The summed E-state index contributed by atoms with van der Waals surface area (Å²) in [4.78, 5) is 15.9. The molecule has 0 aliphatic carbocycles. The smallest absolute Gasteiger partial charge is 0.251 e. The van der Waals surface area contributed by atoms with E-state index in [1.54, 1.807) is 17.1 Å². The second kappa shape index (κ2) is 5.62. The van der Waals surface area contributed by atoms with Gasteiger partial charge in [0, 0.05) is 18.2 Å². The van der Waals surface area contributed by atoms with Gasteiger partial charge in [0.2, 0.25) is 0 Å². The zero-order valence-corrected chi connectivity index (χ0v) is 11.0. The molecule has 1 aromatic carbocycles. The topological polar surface area (TPSA) is 85.8 Å². The Bertz CT molecular complexity index is 564. The molecular weight excluding hydrogens is 242 g/mol. The van der Waals surface area contributed by atoms with Crippen molar-refractivity contribution in [2.24, 2.45) is 5.73 Å². The van der Waals surface area contributed by atoms with E-state index in [4.69, 9.17) is 5.73 Å². The molecular formula is C13H17N5O. The summed E-state index contributed by atoms with van der Waals surface area (Å²) in [5.41, 5.74) is 7.96. The zero-order valence-electron chi connectivity index (χ0n) is 11.0. The second-order valence-electron chi connectivity index (χ2n) is 4.45. The van der Waals surface area contributed by atoms with Gasteiger partial charge in [0.25, 0.3) is 5.91 Å². The van der Waals surface area contributed by atoms with Gasteiger partial charge in [-0.2, -0.15) is 5.10 Å². The molecule has 0 unspecified atom stereocenters. The molecule has 0 aliphatic heterocycles. The first kappa shape index (κ1) is 13.2. The van der Waals surface area contributed by atoms with Gasteiger partial charge in [-0.1, -0.05) is 0 Å². The van der Waals surface area contributed by atoms with Crippen LogP contribution in [0.3, 0.4) is 0 Å². The van der Waals surface area contributed by atoms with Crippen LogP contribution in [0.5, 0.6) is 0 Å². The molecule has 100 valence electrons. The number of aryl methyl sites for hydroxylation is 1. The zero-order chi connectivity index (χ0) is 13.8. The maximum atomic E-state index is 12.0. The van der Waals surface area contributed by atoms with Gasteiger partial charge < -0.3 is 11.1 Å². The van der Waals surface area contributed by atoms with E-state index in [0.29, 0.717) is 12.1 Å². The SMILES string of the molecule is Cc1cc(C(=O)N[C@@H](C)CN)ccc1-n1cncn1. The minimum Gasteiger partial charge on any atom is -0.348 e. The Morgan fingerprint density at radius 1 is 1.53 bits per heavy atom. The van der Waals surface area contributed by atoms with Crippen LogP contribution in [0, 0.1) is 6.92 Å². The molecule has 1 atom stereocenters. The van der Waals surface area contributed by atoms with Gasteiger partial charge in [-0.15, -0.1) is 0 Å². The molecule has 1 heterocycles. The summed E-state index contributed by atoms with van der Waals surface area (Å²) >= 11 is 0. The standard InChI is InChI=1S/C13H17N5O/c1-9-5-11(13(19)17-10(2)6-14)3-4-12(9)18-8-15-7-16-18/h3-5,7-8,10H,6,14H2,1-2H3,(H,17,19)/t10-/m0/s1. The van der Waals surface area contributed by atoms with Crippen LogP contribution in [0.2, 0.25) is 0 Å². The number of hydrogen-bond acceptors (Lipinski definition) is 4. The summed E-state index contributed by atoms with van der Waals surface area (Å²) in [6.07, 6.45) is 3.10. The monoisotopic (exact) mass is 259 g/mol. The van der Waals surface area contributed by atoms with E-state index in [-0.39, 0.29) is 11.9 Å². The predicted octanol–water partition coefficient (Wildman–Crippen LogP) is 0.653. The van der Waals surface area contributed by atoms with Crippen molar-refractivity contribution in [2.45, 2.75) is 19.9 Å². The molecule has 0 saturated carbocycles. The van der Waals surface area contributed by atoms with Gasteiger partial charge in [-0.3, -0.25) is 4.79 Å². The Hall–Kier alpha value is -2.21. The van der Waals surface area contributed by atoms with Crippen LogP contribution in [-0.2, 0) is 0 Å². The molecule has 2 rings (SSSR count). The number of hydrogen-bond donors (Lipinski definition) is 2. The van der Waals surface area contributed by atoms with Crippen molar-refractivity contribution in [1.29, 1.82) is 0 Å². The van der Waals surface area contributed by atoms with Crippen molar-refractivity contribution in [2.75, 3.05) is 6.54 Å². The Morgan fingerprint density at radius 2 is 2.32 bits per heavy atom. The molecule has 19 heavy (non-hydrogen) atoms. The molecule has 0 radical (unpaired) electrons. The largest absolute Gasteiger partial charge is 0.348 e. The van der Waals surface area contributed by atoms with Crippen LogP contribution >= 0.6 is 0 Å². The summed E-state index contributed by atoms with van der Waals surface area (Å²) in [6.45, 7) is 4.22. The van der Waals surface area contributed by atoms with Crippen molar-refractivity contribution in [3.05, 3.63) is 42.0 Å². The van der Waals surface area contributed by atoms with Crippen molar-refractivity contribution in [1.82, 2.24) is 20.1 Å². The quantitative estimate of drug-likeness (QED) is 0.844. The summed E-state index contributed by atoms with van der Waals surface area (Å²) in [6, 6.07) is 5.41. The highest BCUT2D eigenvalue weighted by atomic mass is 16.1. The molecule has 3 N–H and O–H groups in total. The second-order valence-corrected chi connectivity index (χ2v) is 4.45. The predicted molar refractivity (Wildman–Crippen MR) is 72.1 cm³/mol. The van der Waals surface area contributed by atoms with Crippen molar-refractivity contribution >= 4 is 5.91 Å². The van der Waals surface area contributed by atoms with E-state index < -0.39 is 0 Å². The molecule has 0 spiro atoms. The Labute approximate surface area is 111 Å². The highest BCUT2D eigenvalue weighted by Crippen LogP contribution is 2.14. The average molecular weight is 259 g/mol. The highest BCUT2D eigenvalue weighted by molar-refractivity contribution is 5.94. The molecule has 2 aromatic rings. The summed E-state index contributed by atoms with van der Waals surface area (Å²) in [5, 5.41) is 6.90. The van der Waals surface area contributed by atoms with Gasteiger partial charge in [-0.05, 0) is 37.6 Å². The highest BCUT2D eigenvalue weighted by Gasteiger charge is 2.10. The third-order valence-corrected chi connectivity index (χ3v) is 2.86. The van der Waals surface area contributed by atoms with E-state index in [2.05, 4.69) is 15.4 Å². The van der Waals surface area contributed by atoms with Crippen LogP contribution in [0.15, 0.2) is 30.9 Å². The molecule has 0 fully saturated rings. The average Bonchev–Trinajstić information content (AvgIpc) is 2.92. The maximum absolute atomic E-state index is 12.0.